The number of fused-ring (bicyclic) bond motifs is 8. The molecule has 0 fully saturated rings. The molecular formula is C35H30NO2P. The van der Waals surface area contributed by atoms with Crippen LogP contribution in [0.1, 0.15) is 32.4 Å². The second-order valence-corrected chi connectivity index (χ2v) is 11.8. The first-order valence-corrected chi connectivity index (χ1v) is 14.7. The maximum Gasteiger partial charge on any atom is 0.310 e. The molecule has 0 saturated heterocycles. The first kappa shape index (κ1) is 24.0. The van der Waals surface area contributed by atoms with E-state index in [0.29, 0.717) is 0 Å². The third-order valence-electron chi connectivity index (χ3n) is 7.77. The van der Waals surface area contributed by atoms with Gasteiger partial charge in [-0.05, 0) is 70.8 Å². The van der Waals surface area contributed by atoms with Gasteiger partial charge in [0.1, 0.15) is 11.2 Å². The maximum atomic E-state index is 6.94. The molecule has 1 atom stereocenters. The van der Waals surface area contributed by atoms with Gasteiger partial charge in [-0.3, -0.25) is 0 Å². The summed E-state index contributed by atoms with van der Waals surface area (Å²) in [6, 6.07) is 41.1. The second-order valence-electron chi connectivity index (χ2n) is 10.5. The lowest BCUT2D eigenvalue weighted by molar-refractivity contribution is 0.566. The van der Waals surface area contributed by atoms with Crippen molar-refractivity contribution in [1.82, 2.24) is 0 Å². The van der Waals surface area contributed by atoms with Gasteiger partial charge in [0.25, 0.3) is 0 Å². The Morgan fingerprint density at radius 1 is 0.513 bits per heavy atom. The van der Waals surface area contributed by atoms with Crippen LogP contribution in [-0.4, -0.2) is 6.04 Å². The average molecular weight is 528 g/mol. The number of hydrogen-bond acceptors (Lipinski definition) is 3. The van der Waals surface area contributed by atoms with Crippen LogP contribution in [0.25, 0.3) is 54.3 Å². The first-order valence-electron chi connectivity index (χ1n) is 13.6. The van der Waals surface area contributed by atoms with Crippen molar-refractivity contribution in [3.05, 3.63) is 121 Å². The minimum absolute atomic E-state index is 0.0770. The Hall–Kier alpha value is -4.04. The van der Waals surface area contributed by atoms with E-state index < -0.39 is 8.16 Å². The molecule has 3 nitrogen and oxygen atoms in total. The molecule has 6 aromatic carbocycles. The van der Waals surface area contributed by atoms with Gasteiger partial charge in [-0.15, -0.1) is 0 Å². The number of nitrogens with zero attached hydrogens (tertiary/aromatic N) is 1. The van der Waals surface area contributed by atoms with Crippen LogP contribution in [0.2, 0.25) is 0 Å². The van der Waals surface area contributed by atoms with Gasteiger partial charge in [0, 0.05) is 22.9 Å². The predicted octanol–water partition coefficient (Wildman–Crippen LogP) is 10.9. The van der Waals surface area contributed by atoms with Gasteiger partial charge in [0.05, 0.1) is 0 Å². The second kappa shape index (κ2) is 9.61. The maximum absolute atomic E-state index is 6.94. The lowest BCUT2D eigenvalue weighted by Crippen LogP contribution is -2.30. The van der Waals surface area contributed by atoms with E-state index in [1.165, 1.54) is 37.9 Å². The van der Waals surface area contributed by atoms with Gasteiger partial charge >= 0.3 is 8.16 Å². The standard InChI is InChI=1S/C35H30NO2P/c1-23(2)36(24(3)28-18-10-14-25-11-4-7-15-29(25)28)39-37-32-21-19-26-12-5-8-16-30(26)34(32)35-31-17-9-6-13-27(31)20-22-33(35)38-39/h4-24H,1-3H3/t24-/m0/s1. The van der Waals surface area contributed by atoms with Gasteiger partial charge in [-0.2, -0.15) is 4.67 Å². The minimum Gasteiger partial charge on any atom is -0.408 e. The van der Waals surface area contributed by atoms with E-state index in [1.807, 2.05) is 0 Å². The highest BCUT2D eigenvalue weighted by molar-refractivity contribution is 7.39. The lowest BCUT2D eigenvalue weighted by atomic mass is 9.99. The quantitative estimate of drug-likeness (QED) is 0.228. The molecule has 0 radical (unpaired) electrons. The van der Waals surface area contributed by atoms with Crippen LogP contribution < -0.4 is 4.67 Å². The van der Waals surface area contributed by atoms with Gasteiger partial charge in [-0.1, -0.05) is 103 Å². The van der Waals surface area contributed by atoms with Gasteiger partial charge in [-0.25, -0.2) is 0 Å². The molecule has 7 rings (SSSR count). The molecule has 0 amide bonds. The number of hydrogen-bond donors (Lipinski definition) is 0. The molecule has 0 N–H and O–H groups in total. The third-order valence-corrected chi connectivity index (χ3v) is 9.66. The molecule has 1 heterocycles. The highest BCUT2D eigenvalue weighted by Gasteiger charge is 2.27. The van der Waals surface area contributed by atoms with Crippen molar-refractivity contribution in [3.8, 4) is 0 Å². The summed E-state index contributed by atoms with van der Waals surface area (Å²) >= 11 is 0. The van der Waals surface area contributed by atoms with E-state index in [4.69, 9.17) is 8.39 Å². The highest BCUT2D eigenvalue weighted by atomic mass is 31.1. The molecular weight excluding hydrogens is 497 g/mol. The van der Waals surface area contributed by atoms with Crippen molar-refractivity contribution in [2.24, 2.45) is 0 Å². The Morgan fingerprint density at radius 2 is 0.974 bits per heavy atom. The summed E-state index contributed by atoms with van der Waals surface area (Å²) in [5, 5.41) is 9.44. The number of rotatable bonds is 4. The molecule has 0 spiro atoms. The van der Waals surface area contributed by atoms with Crippen LogP contribution in [0.4, 0.5) is 0 Å². The largest absolute Gasteiger partial charge is 0.408 e. The van der Waals surface area contributed by atoms with E-state index in [-0.39, 0.29) is 12.1 Å². The summed E-state index contributed by atoms with van der Waals surface area (Å²) in [4.78, 5) is 0. The SMILES string of the molecule is CC(C)N([C@@H](C)c1cccc2ccccc12)p1oc2ccc3ccccc3c2c2c(ccc3ccccc32)o1. The van der Waals surface area contributed by atoms with Crippen molar-refractivity contribution in [1.29, 1.82) is 0 Å². The summed E-state index contributed by atoms with van der Waals surface area (Å²) in [5.74, 6) is 0. The molecule has 4 heteroatoms. The summed E-state index contributed by atoms with van der Waals surface area (Å²) in [7, 11) is -1.47. The Labute approximate surface area is 228 Å². The number of benzene rings is 6. The Kier molecular flexibility index (Phi) is 5.92. The summed E-state index contributed by atoms with van der Waals surface area (Å²) in [6.07, 6.45) is 0. The summed E-state index contributed by atoms with van der Waals surface area (Å²) in [5.41, 5.74) is 3.01. The summed E-state index contributed by atoms with van der Waals surface area (Å²) < 4.78 is 16.3. The fraction of sp³-hybridized carbons (Fsp3) is 0.143. The van der Waals surface area contributed by atoms with Crippen LogP contribution in [0.5, 0.6) is 0 Å². The molecule has 0 aliphatic heterocycles. The first-order chi connectivity index (χ1) is 19.1. The van der Waals surface area contributed by atoms with Crippen LogP contribution >= 0.6 is 8.16 Å². The van der Waals surface area contributed by atoms with Crippen LogP contribution in [0, 0.1) is 0 Å². The van der Waals surface area contributed by atoms with Crippen molar-refractivity contribution < 1.29 is 8.39 Å². The zero-order chi connectivity index (χ0) is 26.5. The Bertz CT molecular complexity index is 1940. The monoisotopic (exact) mass is 527 g/mol. The Balaban J connectivity index is 1.58. The van der Waals surface area contributed by atoms with E-state index in [9.17, 15) is 0 Å². The van der Waals surface area contributed by atoms with E-state index in [0.717, 1.165) is 21.9 Å². The predicted molar refractivity (Wildman–Crippen MR) is 167 cm³/mol. The topological polar surface area (TPSA) is 29.5 Å². The molecule has 39 heavy (non-hydrogen) atoms. The fourth-order valence-corrected chi connectivity index (χ4v) is 7.64. The van der Waals surface area contributed by atoms with Crippen LogP contribution in [0.15, 0.2) is 124 Å². The van der Waals surface area contributed by atoms with E-state index in [1.54, 1.807) is 0 Å². The van der Waals surface area contributed by atoms with Crippen molar-refractivity contribution in [2.75, 3.05) is 4.67 Å². The highest BCUT2D eigenvalue weighted by Crippen LogP contribution is 2.45. The molecule has 0 bridgehead atoms. The molecule has 0 aliphatic carbocycles. The van der Waals surface area contributed by atoms with Crippen LogP contribution in [-0.2, 0) is 0 Å². The van der Waals surface area contributed by atoms with Gasteiger partial charge in [0.15, 0.2) is 0 Å². The molecule has 0 aliphatic rings. The van der Waals surface area contributed by atoms with Crippen LogP contribution in [0.3, 0.4) is 0 Å². The minimum atomic E-state index is -1.47. The van der Waals surface area contributed by atoms with Gasteiger partial charge in [0.2, 0.25) is 0 Å². The molecule has 1 aromatic heterocycles. The molecule has 0 unspecified atom stereocenters. The van der Waals surface area contributed by atoms with Crippen molar-refractivity contribution in [3.63, 3.8) is 0 Å². The van der Waals surface area contributed by atoms with Crippen molar-refractivity contribution >= 4 is 62.4 Å². The van der Waals surface area contributed by atoms with Gasteiger partial charge < -0.3 is 8.39 Å². The zero-order valence-electron chi connectivity index (χ0n) is 22.3. The summed E-state index contributed by atoms with van der Waals surface area (Å²) in [6.45, 7) is 6.72. The smallest absolute Gasteiger partial charge is 0.310 e. The zero-order valence-corrected chi connectivity index (χ0v) is 23.2. The fourth-order valence-electron chi connectivity index (χ4n) is 5.99. The Morgan fingerprint density at radius 3 is 1.51 bits per heavy atom. The third kappa shape index (κ3) is 4.01. The average Bonchev–Trinajstić information content (AvgIpc) is 3.13. The lowest BCUT2D eigenvalue weighted by Gasteiger charge is -2.30. The van der Waals surface area contributed by atoms with E-state index >= 15 is 0 Å². The normalized spacial score (nSPS) is 12.8. The molecule has 0 saturated carbocycles. The van der Waals surface area contributed by atoms with Crippen molar-refractivity contribution in [2.45, 2.75) is 32.9 Å². The van der Waals surface area contributed by atoms with E-state index in [2.05, 4.69) is 141 Å². The molecule has 192 valence electrons. The molecule has 7 aromatic rings.